The van der Waals surface area contributed by atoms with Crippen LogP contribution in [0.3, 0.4) is 0 Å². The predicted molar refractivity (Wildman–Crippen MR) is 97.9 cm³/mol. The van der Waals surface area contributed by atoms with Crippen LogP contribution in [-0.4, -0.2) is 37.2 Å². The van der Waals surface area contributed by atoms with E-state index in [1.165, 1.54) is 5.56 Å². The Kier molecular flexibility index (Phi) is 5.71. The van der Waals surface area contributed by atoms with Crippen LogP contribution in [0.25, 0.3) is 0 Å². The molecule has 2 aromatic rings. The molecule has 0 N–H and O–H groups in total. The van der Waals surface area contributed by atoms with Gasteiger partial charge in [-0.1, -0.05) is 29.8 Å². The van der Waals surface area contributed by atoms with Gasteiger partial charge in [0.2, 0.25) is 0 Å². The summed E-state index contributed by atoms with van der Waals surface area (Å²) in [6.45, 7) is 4.05. The number of aryl methyl sites for hydroxylation is 1. The Hall–Kier alpha value is -2.33. The molecule has 132 valence electrons. The van der Waals surface area contributed by atoms with Gasteiger partial charge < -0.3 is 14.4 Å². The molecular weight excluding hydrogens is 314 g/mol. The monoisotopic (exact) mass is 339 g/mol. The molecule has 25 heavy (non-hydrogen) atoms. The van der Waals surface area contributed by atoms with Crippen molar-refractivity contribution in [1.29, 1.82) is 0 Å². The third-order valence-electron chi connectivity index (χ3n) is 4.45. The largest absolute Gasteiger partial charge is 0.491 e. The molecule has 0 aromatic heterocycles. The molecule has 1 saturated heterocycles. The molecule has 1 amide bonds. The quantitative estimate of drug-likeness (QED) is 0.803. The lowest BCUT2D eigenvalue weighted by Crippen LogP contribution is -2.26. The van der Waals surface area contributed by atoms with Gasteiger partial charge in [0.05, 0.1) is 6.10 Å². The van der Waals surface area contributed by atoms with Crippen molar-refractivity contribution in [3.63, 3.8) is 0 Å². The normalized spacial score (nSPS) is 16.6. The fraction of sp³-hybridized carbons (Fsp3) is 0.381. The van der Waals surface area contributed by atoms with E-state index in [0.29, 0.717) is 18.7 Å². The van der Waals surface area contributed by atoms with Gasteiger partial charge in [0.1, 0.15) is 12.4 Å². The Labute approximate surface area is 149 Å². The van der Waals surface area contributed by atoms with Crippen LogP contribution in [0.15, 0.2) is 48.5 Å². The lowest BCUT2D eigenvalue weighted by Gasteiger charge is -2.18. The average molecular weight is 339 g/mol. The van der Waals surface area contributed by atoms with Crippen LogP contribution in [0, 0.1) is 6.92 Å². The third kappa shape index (κ3) is 4.83. The molecule has 1 atom stereocenters. The molecule has 1 aliphatic rings. The minimum absolute atomic E-state index is 0.00579. The lowest BCUT2D eigenvalue weighted by molar-refractivity contribution is 0.0679. The number of hydrogen-bond acceptors (Lipinski definition) is 3. The van der Waals surface area contributed by atoms with E-state index in [4.69, 9.17) is 9.47 Å². The number of rotatable bonds is 6. The maximum absolute atomic E-state index is 12.6. The number of nitrogens with zero attached hydrogens (tertiary/aromatic N) is 1. The van der Waals surface area contributed by atoms with Gasteiger partial charge in [-0.2, -0.15) is 0 Å². The first-order valence-electron chi connectivity index (χ1n) is 8.77. The molecular formula is C21H25NO3. The SMILES string of the molecule is Cc1ccc(CN(C)C(=O)c2ccc(OCC3CCCO3)cc2)cc1. The Morgan fingerprint density at radius 3 is 2.52 bits per heavy atom. The van der Waals surface area contributed by atoms with Crippen LogP contribution >= 0.6 is 0 Å². The number of hydrogen-bond donors (Lipinski definition) is 0. The predicted octanol–water partition coefficient (Wildman–Crippen LogP) is 3.83. The zero-order valence-corrected chi connectivity index (χ0v) is 14.9. The number of ether oxygens (including phenoxy) is 2. The molecule has 1 aliphatic heterocycles. The van der Waals surface area contributed by atoms with E-state index in [1.54, 1.807) is 4.90 Å². The molecule has 0 saturated carbocycles. The number of benzene rings is 2. The van der Waals surface area contributed by atoms with Crippen molar-refractivity contribution in [3.05, 3.63) is 65.2 Å². The van der Waals surface area contributed by atoms with Crippen molar-refractivity contribution >= 4 is 5.91 Å². The van der Waals surface area contributed by atoms with Gasteiger partial charge in [0, 0.05) is 25.8 Å². The second kappa shape index (κ2) is 8.17. The molecule has 0 spiro atoms. The minimum atomic E-state index is 0.00579. The van der Waals surface area contributed by atoms with Gasteiger partial charge in [0.25, 0.3) is 5.91 Å². The Morgan fingerprint density at radius 2 is 1.88 bits per heavy atom. The summed E-state index contributed by atoms with van der Waals surface area (Å²) in [6, 6.07) is 15.6. The Balaban J connectivity index is 1.54. The summed E-state index contributed by atoms with van der Waals surface area (Å²) in [6.07, 6.45) is 2.36. The van der Waals surface area contributed by atoms with Crippen LogP contribution in [0.1, 0.15) is 34.3 Å². The van der Waals surface area contributed by atoms with E-state index in [2.05, 4.69) is 31.2 Å². The molecule has 0 bridgehead atoms. The van der Waals surface area contributed by atoms with Crippen molar-refractivity contribution in [2.24, 2.45) is 0 Å². The first-order chi connectivity index (χ1) is 12.1. The fourth-order valence-electron chi connectivity index (χ4n) is 2.92. The van der Waals surface area contributed by atoms with Gasteiger partial charge in [-0.15, -0.1) is 0 Å². The summed E-state index contributed by atoms with van der Waals surface area (Å²) in [5.41, 5.74) is 3.01. The van der Waals surface area contributed by atoms with Crippen LogP contribution in [0.4, 0.5) is 0 Å². The summed E-state index contributed by atoms with van der Waals surface area (Å²) < 4.78 is 11.3. The van der Waals surface area contributed by atoms with E-state index < -0.39 is 0 Å². The van der Waals surface area contributed by atoms with Crippen molar-refractivity contribution in [2.45, 2.75) is 32.4 Å². The van der Waals surface area contributed by atoms with Gasteiger partial charge in [-0.05, 0) is 49.6 Å². The Morgan fingerprint density at radius 1 is 1.16 bits per heavy atom. The molecule has 0 radical (unpaired) electrons. The van der Waals surface area contributed by atoms with Crippen molar-refractivity contribution in [2.75, 3.05) is 20.3 Å². The van der Waals surface area contributed by atoms with Gasteiger partial charge >= 0.3 is 0 Å². The fourth-order valence-corrected chi connectivity index (χ4v) is 2.92. The van der Waals surface area contributed by atoms with Gasteiger partial charge in [0.15, 0.2) is 0 Å². The van der Waals surface area contributed by atoms with Crippen LogP contribution in [0.2, 0.25) is 0 Å². The van der Waals surface area contributed by atoms with Gasteiger partial charge in [-0.3, -0.25) is 4.79 Å². The summed E-state index contributed by atoms with van der Waals surface area (Å²) >= 11 is 0. The highest BCUT2D eigenvalue weighted by atomic mass is 16.5. The Bertz CT molecular complexity index is 688. The van der Waals surface area contributed by atoms with E-state index in [-0.39, 0.29) is 12.0 Å². The summed E-state index contributed by atoms with van der Waals surface area (Å²) in [4.78, 5) is 14.3. The highest BCUT2D eigenvalue weighted by Gasteiger charge is 2.16. The van der Waals surface area contributed by atoms with Crippen LogP contribution < -0.4 is 4.74 Å². The molecule has 3 rings (SSSR count). The van der Waals surface area contributed by atoms with Crippen LogP contribution in [0.5, 0.6) is 5.75 Å². The second-order valence-corrected chi connectivity index (χ2v) is 6.62. The maximum atomic E-state index is 12.6. The standard InChI is InChI=1S/C21H25NO3/c1-16-5-7-17(8-6-16)14-22(2)21(23)18-9-11-19(12-10-18)25-15-20-4-3-13-24-20/h5-12,20H,3-4,13-15H2,1-2H3. The van der Waals surface area contributed by atoms with Crippen molar-refractivity contribution < 1.29 is 14.3 Å². The summed E-state index contributed by atoms with van der Waals surface area (Å²) in [5.74, 6) is 0.777. The lowest BCUT2D eigenvalue weighted by atomic mass is 10.1. The number of carbonyl (C=O) groups is 1. The molecule has 1 heterocycles. The van der Waals surface area contributed by atoms with E-state index >= 15 is 0 Å². The van der Waals surface area contributed by atoms with Crippen LogP contribution in [-0.2, 0) is 11.3 Å². The first-order valence-corrected chi connectivity index (χ1v) is 8.77. The molecule has 1 unspecified atom stereocenters. The smallest absolute Gasteiger partial charge is 0.253 e. The van der Waals surface area contributed by atoms with E-state index in [0.717, 1.165) is 30.8 Å². The topological polar surface area (TPSA) is 38.8 Å². The van der Waals surface area contributed by atoms with Crippen molar-refractivity contribution in [1.82, 2.24) is 4.90 Å². The highest BCUT2D eigenvalue weighted by Crippen LogP contribution is 2.17. The zero-order chi connectivity index (χ0) is 17.6. The summed E-state index contributed by atoms with van der Waals surface area (Å²) in [7, 11) is 1.82. The van der Waals surface area contributed by atoms with Crippen molar-refractivity contribution in [3.8, 4) is 5.75 Å². The zero-order valence-electron chi connectivity index (χ0n) is 14.9. The molecule has 1 fully saturated rings. The molecule has 2 aromatic carbocycles. The second-order valence-electron chi connectivity index (χ2n) is 6.62. The molecule has 0 aliphatic carbocycles. The summed E-state index contributed by atoms with van der Waals surface area (Å²) in [5, 5.41) is 0. The van der Waals surface area contributed by atoms with E-state index in [1.807, 2.05) is 31.3 Å². The number of carbonyl (C=O) groups excluding carboxylic acids is 1. The third-order valence-corrected chi connectivity index (χ3v) is 4.45. The first kappa shape index (κ1) is 17.5. The highest BCUT2D eigenvalue weighted by molar-refractivity contribution is 5.94. The molecule has 4 nitrogen and oxygen atoms in total. The number of amides is 1. The maximum Gasteiger partial charge on any atom is 0.253 e. The molecule has 4 heteroatoms. The minimum Gasteiger partial charge on any atom is -0.491 e. The average Bonchev–Trinajstić information content (AvgIpc) is 3.15. The van der Waals surface area contributed by atoms with Gasteiger partial charge in [-0.25, -0.2) is 0 Å². The van der Waals surface area contributed by atoms with E-state index in [9.17, 15) is 4.79 Å².